The lowest BCUT2D eigenvalue weighted by molar-refractivity contribution is -0.131. The number of carbonyl (C=O) groups is 2. The minimum absolute atomic E-state index is 0.119. The zero-order valence-electron chi connectivity index (χ0n) is 17.2. The summed E-state index contributed by atoms with van der Waals surface area (Å²) >= 11 is 0. The molecule has 0 unspecified atom stereocenters. The van der Waals surface area contributed by atoms with Gasteiger partial charge in [-0.2, -0.15) is 0 Å². The van der Waals surface area contributed by atoms with Crippen LogP contribution in [0.15, 0.2) is 48.7 Å². The lowest BCUT2D eigenvalue weighted by Crippen LogP contribution is -2.46. The Morgan fingerprint density at radius 3 is 2.29 bits per heavy atom. The number of hydrogen-bond acceptors (Lipinski definition) is 4. The van der Waals surface area contributed by atoms with Crippen LogP contribution in [0.1, 0.15) is 49.2 Å². The van der Waals surface area contributed by atoms with Gasteiger partial charge in [0.15, 0.2) is 0 Å². The fourth-order valence-electron chi connectivity index (χ4n) is 2.80. The molecule has 1 aromatic carbocycles. The molecule has 2 atom stereocenters. The predicted molar refractivity (Wildman–Crippen MR) is 109 cm³/mol. The number of nitrogens with one attached hydrogen (secondary N) is 1. The monoisotopic (exact) mass is 383 g/mol. The van der Waals surface area contributed by atoms with Crippen LogP contribution in [0, 0.1) is 5.92 Å². The second-order valence-electron chi connectivity index (χ2n) is 7.44. The van der Waals surface area contributed by atoms with Crippen LogP contribution in [0.4, 0.5) is 0 Å². The van der Waals surface area contributed by atoms with E-state index in [1.165, 1.54) is 11.1 Å². The predicted octanol–water partition coefficient (Wildman–Crippen LogP) is 3.45. The number of benzene rings is 1. The Morgan fingerprint density at radius 2 is 1.75 bits per heavy atom. The summed E-state index contributed by atoms with van der Waals surface area (Å²) < 4.78 is 5.83. The summed E-state index contributed by atoms with van der Waals surface area (Å²) in [6, 6.07) is 12.6. The summed E-state index contributed by atoms with van der Waals surface area (Å²) in [6.07, 6.45) is 1.89. The molecule has 6 nitrogen and oxygen atoms in total. The molecular formula is C22H29N3O3. The first-order chi connectivity index (χ1) is 13.3. The van der Waals surface area contributed by atoms with Crippen molar-refractivity contribution in [2.75, 3.05) is 14.1 Å². The average Bonchev–Trinajstić information content (AvgIpc) is 2.67. The molecule has 0 aliphatic carbocycles. The summed E-state index contributed by atoms with van der Waals surface area (Å²) in [6.45, 7) is 5.98. The van der Waals surface area contributed by atoms with E-state index in [0.717, 1.165) is 5.56 Å². The average molecular weight is 383 g/mol. The second-order valence-corrected chi connectivity index (χ2v) is 7.44. The van der Waals surface area contributed by atoms with E-state index in [-0.39, 0.29) is 23.8 Å². The maximum atomic E-state index is 12.6. The maximum absolute atomic E-state index is 12.6. The van der Waals surface area contributed by atoms with E-state index in [1.807, 2.05) is 51.1 Å². The van der Waals surface area contributed by atoms with Crippen LogP contribution in [-0.2, 0) is 4.79 Å². The highest BCUT2D eigenvalue weighted by atomic mass is 16.5. The van der Waals surface area contributed by atoms with Gasteiger partial charge in [-0.3, -0.25) is 9.59 Å². The van der Waals surface area contributed by atoms with Crippen molar-refractivity contribution in [3.63, 3.8) is 0 Å². The van der Waals surface area contributed by atoms with Crippen molar-refractivity contribution < 1.29 is 14.3 Å². The molecule has 2 aromatic rings. The van der Waals surface area contributed by atoms with Gasteiger partial charge >= 0.3 is 0 Å². The third-order valence-corrected chi connectivity index (χ3v) is 4.32. The van der Waals surface area contributed by atoms with E-state index >= 15 is 0 Å². The number of carbonyl (C=O) groups excluding carboxylic acids is 2. The molecule has 0 spiro atoms. The van der Waals surface area contributed by atoms with Gasteiger partial charge in [0.1, 0.15) is 12.1 Å². The topological polar surface area (TPSA) is 71.5 Å². The minimum atomic E-state index is -0.559. The Hall–Kier alpha value is -2.89. The molecule has 0 radical (unpaired) electrons. The van der Waals surface area contributed by atoms with Gasteiger partial charge in [0, 0.05) is 26.4 Å². The second kappa shape index (κ2) is 9.88. The molecule has 0 saturated carbocycles. The Bertz CT molecular complexity index is 773. The third kappa shape index (κ3) is 6.08. The lowest BCUT2D eigenvalue weighted by Gasteiger charge is -2.23. The lowest BCUT2D eigenvalue weighted by atomic mass is 10.0. The van der Waals surface area contributed by atoms with Gasteiger partial charge in [-0.1, -0.05) is 44.2 Å². The minimum Gasteiger partial charge on any atom is -0.470 e. The van der Waals surface area contributed by atoms with Gasteiger partial charge in [0.25, 0.3) is 5.91 Å². The molecule has 0 fully saturated rings. The van der Waals surface area contributed by atoms with Gasteiger partial charge in [0.2, 0.25) is 11.8 Å². The van der Waals surface area contributed by atoms with E-state index in [1.54, 1.807) is 26.2 Å². The first kappa shape index (κ1) is 21.4. The molecule has 150 valence electrons. The molecule has 0 aliphatic rings. The number of pyridine rings is 1. The SMILES string of the molecule is CC(C)C[C@H](NC(=O)c1ccc(O[C@@H](C)c2ccccc2)nc1)C(=O)N(C)C. The summed E-state index contributed by atoms with van der Waals surface area (Å²) in [5, 5.41) is 2.82. The molecule has 1 N–H and O–H groups in total. The van der Waals surface area contributed by atoms with Crippen LogP contribution in [0.2, 0.25) is 0 Å². The Kier molecular flexibility index (Phi) is 7.55. The number of hydrogen-bond donors (Lipinski definition) is 1. The van der Waals surface area contributed by atoms with E-state index < -0.39 is 6.04 Å². The molecule has 1 heterocycles. The van der Waals surface area contributed by atoms with Crippen molar-refractivity contribution in [3.8, 4) is 5.88 Å². The number of nitrogens with zero attached hydrogens (tertiary/aromatic N) is 2. The van der Waals surface area contributed by atoms with Gasteiger partial charge < -0.3 is 15.0 Å². The number of aromatic nitrogens is 1. The number of amides is 2. The van der Waals surface area contributed by atoms with E-state index in [4.69, 9.17) is 4.74 Å². The van der Waals surface area contributed by atoms with Crippen LogP contribution >= 0.6 is 0 Å². The van der Waals surface area contributed by atoms with Crippen molar-refractivity contribution in [2.45, 2.75) is 39.3 Å². The van der Waals surface area contributed by atoms with Crippen LogP contribution in [-0.4, -0.2) is 41.8 Å². The first-order valence-corrected chi connectivity index (χ1v) is 9.47. The Balaban J connectivity index is 2.03. The molecule has 0 bridgehead atoms. The zero-order valence-corrected chi connectivity index (χ0v) is 17.2. The highest BCUT2D eigenvalue weighted by Crippen LogP contribution is 2.20. The normalized spacial score (nSPS) is 12.9. The highest BCUT2D eigenvalue weighted by Gasteiger charge is 2.24. The van der Waals surface area contributed by atoms with Crippen molar-refractivity contribution in [2.24, 2.45) is 5.92 Å². The van der Waals surface area contributed by atoms with Crippen molar-refractivity contribution >= 4 is 11.8 Å². The van der Waals surface area contributed by atoms with Crippen molar-refractivity contribution in [3.05, 3.63) is 59.8 Å². The Morgan fingerprint density at radius 1 is 1.07 bits per heavy atom. The third-order valence-electron chi connectivity index (χ3n) is 4.32. The Labute approximate surface area is 166 Å². The standard InChI is InChI=1S/C22H29N3O3/c1-15(2)13-19(22(27)25(4)5)24-21(26)18-11-12-20(23-14-18)28-16(3)17-9-7-6-8-10-17/h6-12,14-16,19H,13H2,1-5H3,(H,24,26)/t16-,19-/m0/s1. The molecule has 6 heteroatoms. The van der Waals surface area contributed by atoms with Gasteiger partial charge in [-0.25, -0.2) is 4.98 Å². The number of likely N-dealkylation sites (N-methyl/N-ethyl adjacent to an activating group) is 1. The molecule has 28 heavy (non-hydrogen) atoms. The zero-order chi connectivity index (χ0) is 20.7. The molecule has 0 aliphatic heterocycles. The smallest absolute Gasteiger partial charge is 0.253 e. The summed E-state index contributed by atoms with van der Waals surface area (Å²) in [7, 11) is 3.37. The van der Waals surface area contributed by atoms with Crippen molar-refractivity contribution in [1.82, 2.24) is 15.2 Å². The van der Waals surface area contributed by atoms with Crippen molar-refractivity contribution in [1.29, 1.82) is 0 Å². The van der Waals surface area contributed by atoms with Gasteiger partial charge in [-0.15, -0.1) is 0 Å². The molecule has 0 saturated heterocycles. The fourth-order valence-corrected chi connectivity index (χ4v) is 2.80. The van der Waals surface area contributed by atoms with Crippen LogP contribution in [0.5, 0.6) is 5.88 Å². The van der Waals surface area contributed by atoms with Crippen LogP contribution in [0.25, 0.3) is 0 Å². The molecular weight excluding hydrogens is 354 g/mol. The highest BCUT2D eigenvalue weighted by molar-refractivity contribution is 5.97. The van der Waals surface area contributed by atoms with E-state index in [0.29, 0.717) is 17.9 Å². The van der Waals surface area contributed by atoms with Crippen LogP contribution in [0.3, 0.4) is 0 Å². The van der Waals surface area contributed by atoms with Gasteiger partial charge in [0.05, 0.1) is 5.56 Å². The first-order valence-electron chi connectivity index (χ1n) is 9.47. The fraction of sp³-hybridized carbons (Fsp3) is 0.409. The summed E-state index contributed by atoms with van der Waals surface area (Å²) in [5.74, 6) is 0.279. The molecule has 2 amide bonds. The molecule has 1 aromatic heterocycles. The number of rotatable bonds is 8. The van der Waals surface area contributed by atoms with E-state index in [2.05, 4.69) is 10.3 Å². The summed E-state index contributed by atoms with van der Waals surface area (Å²) in [4.78, 5) is 30.6. The summed E-state index contributed by atoms with van der Waals surface area (Å²) in [5.41, 5.74) is 1.44. The van der Waals surface area contributed by atoms with Gasteiger partial charge in [-0.05, 0) is 30.9 Å². The van der Waals surface area contributed by atoms with E-state index in [9.17, 15) is 9.59 Å². The number of ether oxygens (including phenoxy) is 1. The largest absolute Gasteiger partial charge is 0.470 e. The quantitative estimate of drug-likeness (QED) is 0.758. The molecule has 2 rings (SSSR count). The van der Waals surface area contributed by atoms with Crippen LogP contribution < -0.4 is 10.1 Å². The maximum Gasteiger partial charge on any atom is 0.253 e.